The van der Waals surface area contributed by atoms with Crippen LogP contribution in [0.5, 0.6) is 11.9 Å². The van der Waals surface area contributed by atoms with E-state index in [4.69, 9.17) is 9.47 Å². The Kier molecular flexibility index (Phi) is 3.52. The molecule has 1 aromatic heterocycles. The quantitative estimate of drug-likeness (QED) is 0.922. The highest BCUT2D eigenvalue weighted by Crippen LogP contribution is 2.33. The highest BCUT2D eigenvalue weighted by Gasteiger charge is 2.17. The first-order chi connectivity index (χ1) is 9.83. The lowest BCUT2D eigenvalue weighted by atomic mass is 9.92. The van der Waals surface area contributed by atoms with Crippen molar-refractivity contribution in [2.75, 3.05) is 20.8 Å². The van der Waals surface area contributed by atoms with Crippen LogP contribution < -0.4 is 14.8 Å². The summed E-state index contributed by atoms with van der Waals surface area (Å²) in [6.45, 7) is 1.89. The zero-order valence-electron chi connectivity index (χ0n) is 11.6. The van der Waals surface area contributed by atoms with E-state index in [2.05, 4.69) is 33.5 Å². The van der Waals surface area contributed by atoms with Crippen LogP contribution in [-0.4, -0.2) is 30.7 Å². The predicted octanol–water partition coefficient (Wildman–Crippen LogP) is 1.81. The average molecular weight is 271 g/mol. The third-order valence-electron chi connectivity index (χ3n) is 3.54. The maximum Gasteiger partial charge on any atom is 0.319 e. The van der Waals surface area contributed by atoms with E-state index in [1.54, 1.807) is 20.4 Å². The molecule has 0 saturated carbocycles. The Labute approximate surface area is 118 Å². The topological polar surface area (TPSA) is 56.3 Å². The first-order valence-corrected chi connectivity index (χ1v) is 6.60. The Morgan fingerprint density at radius 2 is 2.05 bits per heavy atom. The van der Waals surface area contributed by atoms with E-state index in [0.29, 0.717) is 11.9 Å². The van der Waals surface area contributed by atoms with Crippen molar-refractivity contribution in [3.63, 3.8) is 0 Å². The Morgan fingerprint density at radius 1 is 1.15 bits per heavy atom. The molecule has 0 spiro atoms. The van der Waals surface area contributed by atoms with E-state index in [1.165, 1.54) is 11.1 Å². The summed E-state index contributed by atoms with van der Waals surface area (Å²) in [7, 11) is 3.16. The molecule has 0 unspecified atom stereocenters. The van der Waals surface area contributed by atoms with Gasteiger partial charge in [-0.05, 0) is 29.7 Å². The highest BCUT2D eigenvalue weighted by atomic mass is 16.5. The van der Waals surface area contributed by atoms with Crippen molar-refractivity contribution in [1.29, 1.82) is 0 Å². The van der Waals surface area contributed by atoms with E-state index in [-0.39, 0.29) is 0 Å². The monoisotopic (exact) mass is 271 g/mol. The van der Waals surface area contributed by atoms with Crippen molar-refractivity contribution < 1.29 is 9.47 Å². The molecule has 3 rings (SSSR count). The van der Waals surface area contributed by atoms with Crippen molar-refractivity contribution in [3.8, 4) is 23.0 Å². The molecule has 0 fully saturated rings. The van der Waals surface area contributed by atoms with Gasteiger partial charge in [0.15, 0.2) is 0 Å². The lowest BCUT2D eigenvalue weighted by molar-refractivity contribution is 0.353. The minimum absolute atomic E-state index is 0.317. The van der Waals surface area contributed by atoms with Crippen LogP contribution in [0.3, 0.4) is 0 Å². The molecule has 5 heteroatoms. The molecule has 0 radical (unpaired) electrons. The van der Waals surface area contributed by atoms with Crippen molar-refractivity contribution in [2.45, 2.75) is 13.0 Å². The molecule has 1 aliphatic heterocycles. The van der Waals surface area contributed by atoms with E-state index in [9.17, 15) is 0 Å². The Bertz CT molecular complexity index is 629. The van der Waals surface area contributed by atoms with E-state index in [0.717, 1.165) is 30.6 Å². The van der Waals surface area contributed by atoms with Crippen LogP contribution in [0.15, 0.2) is 24.4 Å². The van der Waals surface area contributed by atoms with Gasteiger partial charge in [0.1, 0.15) is 0 Å². The van der Waals surface area contributed by atoms with Crippen LogP contribution in [0.1, 0.15) is 11.1 Å². The number of aromatic nitrogens is 2. The SMILES string of the molecule is COc1ncc(-c2cccc3c2CCNC3)c(OC)n1. The summed E-state index contributed by atoms with van der Waals surface area (Å²) in [5.41, 5.74) is 4.72. The van der Waals surface area contributed by atoms with Crippen molar-refractivity contribution in [2.24, 2.45) is 0 Å². The number of nitrogens with one attached hydrogen (secondary N) is 1. The smallest absolute Gasteiger partial charge is 0.319 e. The largest absolute Gasteiger partial charge is 0.480 e. The minimum Gasteiger partial charge on any atom is -0.480 e. The third kappa shape index (κ3) is 2.20. The molecule has 2 heterocycles. The molecule has 0 aliphatic carbocycles. The Balaban J connectivity index is 2.13. The molecule has 0 bridgehead atoms. The fraction of sp³-hybridized carbons (Fsp3) is 0.333. The highest BCUT2D eigenvalue weighted by molar-refractivity contribution is 5.72. The van der Waals surface area contributed by atoms with Crippen LogP contribution in [0.2, 0.25) is 0 Å². The second kappa shape index (κ2) is 5.46. The third-order valence-corrected chi connectivity index (χ3v) is 3.54. The minimum atomic E-state index is 0.317. The van der Waals surface area contributed by atoms with E-state index < -0.39 is 0 Å². The molecule has 0 saturated heterocycles. The molecule has 1 aromatic carbocycles. The van der Waals surface area contributed by atoms with Gasteiger partial charge < -0.3 is 14.8 Å². The number of hydrogen-bond donors (Lipinski definition) is 1. The number of benzene rings is 1. The van der Waals surface area contributed by atoms with Crippen LogP contribution in [-0.2, 0) is 13.0 Å². The second-order valence-electron chi connectivity index (χ2n) is 4.65. The van der Waals surface area contributed by atoms with Gasteiger partial charge in [-0.1, -0.05) is 18.2 Å². The molecular weight excluding hydrogens is 254 g/mol. The Morgan fingerprint density at radius 3 is 2.85 bits per heavy atom. The fourth-order valence-electron chi connectivity index (χ4n) is 2.57. The summed E-state index contributed by atoms with van der Waals surface area (Å²) in [5, 5.41) is 3.38. The van der Waals surface area contributed by atoms with Crippen molar-refractivity contribution in [1.82, 2.24) is 15.3 Å². The molecule has 104 valence electrons. The maximum atomic E-state index is 5.39. The first kappa shape index (κ1) is 12.9. The summed E-state index contributed by atoms with van der Waals surface area (Å²) in [4.78, 5) is 8.47. The number of ether oxygens (including phenoxy) is 2. The molecule has 0 amide bonds. The summed E-state index contributed by atoms with van der Waals surface area (Å²) in [6, 6.07) is 6.63. The molecule has 1 aliphatic rings. The van der Waals surface area contributed by atoms with Gasteiger partial charge in [-0.25, -0.2) is 4.98 Å². The van der Waals surface area contributed by atoms with Crippen LogP contribution in [0.4, 0.5) is 0 Å². The van der Waals surface area contributed by atoms with Crippen LogP contribution in [0, 0.1) is 0 Å². The predicted molar refractivity (Wildman–Crippen MR) is 76.0 cm³/mol. The zero-order valence-corrected chi connectivity index (χ0v) is 11.6. The summed E-state index contributed by atoms with van der Waals surface area (Å²) < 4.78 is 10.4. The van der Waals surface area contributed by atoms with Gasteiger partial charge >= 0.3 is 6.01 Å². The molecule has 0 atom stereocenters. The number of fused-ring (bicyclic) bond motifs is 1. The maximum absolute atomic E-state index is 5.39. The number of nitrogens with zero attached hydrogens (tertiary/aromatic N) is 2. The lowest BCUT2D eigenvalue weighted by Gasteiger charge is -2.21. The summed E-state index contributed by atoms with van der Waals surface area (Å²) >= 11 is 0. The number of methoxy groups -OCH3 is 2. The normalized spacial score (nSPS) is 13.7. The van der Waals surface area contributed by atoms with Gasteiger partial charge in [0.2, 0.25) is 5.88 Å². The number of rotatable bonds is 3. The van der Waals surface area contributed by atoms with Gasteiger partial charge in [0, 0.05) is 12.7 Å². The lowest BCUT2D eigenvalue weighted by Crippen LogP contribution is -2.24. The molecular formula is C15H17N3O2. The first-order valence-electron chi connectivity index (χ1n) is 6.60. The van der Waals surface area contributed by atoms with Gasteiger partial charge in [-0.2, -0.15) is 4.98 Å². The molecule has 20 heavy (non-hydrogen) atoms. The molecule has 5 nitrogen and oxygen atoms in total. The zero-order chi connectivity index (χ0) is 13.9. The van der Waals surface area contributed by atoms with Gasteiger partial charge in [-0.15, -0.1) is 0 Å². The summed E-state index contributed by atoms with van der Waals surface area (Å²) in [5.74, 6) is 0.545. The van der Waals surface area contributed by atoms with Crippen molar-refractivity contribution >= 4 is 0 Å². The van der Waals surface area contributed by atoms with Crippen LogP contribution in [0.25, 0.3) is 11.1 Å². The average Bonchev–Trinajstić information content (AvgIpc) is 2.53. The van der Waals surface area contributed by atoms with Gasteiger partial charge in [0.05, 0.1) is 19.8 Å². The summed E-state index contributed by atoms with van der Waals surface area (Å²) in [6.07, 6.45) is 2.77. The van der Waals surface area contributed by atoms with Crippen molar-refractivity contribution in [3.05, 3.63) is 35.5 Å². The second-order valence-corrected chi connectivity index (χ2v) is 4.65. The standard InChI is InChI=1S/C15H17N3O2/c1-19-14-13(9-17-15(18-14)20-2)12-5-3-4-10-8-16-7-6-11(10)12/h3-5,9,16H,6-8H2,1-2H3. The fourth-order valence-corrected chi connectivity index (χ4v) is 2.57. The van der Waals surface area contributed by atoms with Gasteiger partial charge in [0.25, 0.3) is 0 Å². The Hall–Kier alpha value is -2.14. The van der Waals surface area contributed by atoms with Crippen LogP contribution >= 0.6 is 0 Å². The number of hydrogen-bond acceptors (Lipinski definition) is 5. The molecule has 1 N–H and O–H groups in total. The van der Waals surface area contributed by atoms with Gasteiger partial charge in [-0.3, -0.25) is 0 Å². The van der Waals surface area contributed by atoms with E-state index >= 15 is 0 Å². The van der Waals surface area contributed by atoms with E-state index in [1.807, 2.05) is 0 Å². The molecule has 2 aromatic rings.